The molecule has 1 aliphatic carbocycles. The lowest BCUT2D eigenvalue weighted by molar-refractivity contribution is -0.153. The van der Waals surface area contributed by atoms with Gasteiger partial charge in [-0.05, 0) is 36.7 Å². The van der Waals surface area contributed by atoms with Crippen LogP contribution in [0, 0.1) is 5.41 Å². The van der Waals surface area contributed by atoms with Crippen molar-refractivity contribution in [1.82, 2.24) is 20.2 Å². The van der Waals surface area contributed by atoms with E-state index in [-0.39, 0.29) is 35.7 Å². The lowest BCUT2D eigenvalue weighted by Crippen LogP contribution is -2.42. The van der Waals surface area contributed by atoms with Crippen LogP contribution in [0.25, 0.3) is 0 Å². The van der Waals surface area contributed by atoms with Crippen molar-refractivity contribution in [3.8, 4) is 0 Å². The fourth-order valence-corrected chi connectivity index (χ4v) is 4.83. The zero-order chi connectivity index (χ0) is 20.3. The second-order valence-corrected chi connectivity index (χ2v) is 8.89. The lowest BCUT2D eigenvalue weighted by Gasteiger charge is -2.35. The molecule has 30 heavy (non-hydrogen) atoms. The van der Waals surface area contributed by atoms with Crippen LogP contribution in [0.3, 0.4) is 0 Å². The van der Waals surface area contributed by atoms with Crippen LogP contribution in [0.2, 0.25) is 0 Å². The van der Waals surface area contributed by atoms with Gasteiger partial charge in [-0.1, -0.05) is 30.3 Å². The molecule has 2 amide bonds. The largest absolute Gasteiger partial charge is 0.421 e. The van der Waals surface area contributed by atoms with Gasteiger partial charge < -0.3 is 19.8 Å². The molecule has 1 aromatic heterocycles. The maximum atomic E-state index is 13.2. The van der Waals surface area contributed by atoms with Gasteiger partial charge in [-0.2, -0.15) is 5.06 Å². The minimum atomic E-state index is -0.343. The predicted molar refractivity (Wildman–Crippen MR) is 104 cm³/mol. The molecule has 4 atom stereocenters. The van der Waals surface area contributed by atoms with E-state index in [4.69, 9.17) is 19.7 Å². The van der Waals surface area contributed by atoms with E-state index >= 15 is 0 Å². The number of amides is 2. The Bertz CT molecular complexity index is 942. The molecule has 4 fully saturated rings. The number of piperidine rings is 1. The minimum Gasteiger partial charge on any atom is -0.421 e. The average Bonchev–Trinajstić information content (AvgIpc) is 3.66. The van der Waals surface area contributed by atoms with Crippen molar-refractivity contribution in [2.45, 2.75) is 56.5 Å². The molecule has 158 valence electrons. The molecule has 3 saturated heterocycles. The molecule has 2 aromatic rings. The molecule has 1 saturated carbocycles. The van der Waals surface area contributed by atoms with Gasteiger partial charge in [0, 0.05) is 6.54 Å². The van der Waals surface area contributed by atoms with E-state index < -0.39 is 0 Å². The van der Waals surface area contributed by atoms with Gasteiger partial charge in [0.25, 0.3) is 0 Å². The summed E-state index contributed by atoms with van der Waals surface area (Å²) in [5, 5.41) is 10.0. The molecule has 6 rings (SSSR count). The molecular weight excluding hydrogens is 386 g/mol. The number of aromatic nitrogens is 2. The van der Waals surface area contributed by atoms with Crippen LogP contribution in [0.4, 0.5) is 4.79 Å². The lowest BCUT2D eigenvalue weighted by atomic mass is 9.85. The van der Waals surface area contributed by atoms with Gasteiger partial charge >= 0.3 is 6.03 Å². The van der Waals surface area contributed by atoms with Crippen LogP contribution in [0.5, 0.6) is 0 Å². The SMILES string of the molecule is NC(CC1CO1)c1nnc(C2CC3(CC3)[C@@H]3CN2C(=O)N3OCc2ccccc2)o1. The van der Waals surface area contributed by atoms with Crippen molar-refractivity contribution >= 4 is 6.03 Å². The molecule has 3 aliphatic heterocycles. The summed E-state index contributed by atoms with van der Waals surface area (Å²) in [5.41, 5.74) is 7.29. The Morgan fingerprint density at radius 3 is 2.80 bits per heavy atom. The maximum Gasteiger partial charge on any atom is 0.345 e. The number of carbonyl (C=O) groups is 1. The highest BCUT2D eigenvalue weighted by atomic mass is 16.7. The fourth-order valence-electron chi connectivity index (χ4n) is 4.83. The number of benzene rings is 1. The Hall–Kier alpha value is -2.49. The van der Waals surface area contributed by atoms with E-state index in [1.54, 1.807) is 5.06 Å². The number of carbonyl (C=O) groups excluding carboxylic acids is 1. The number of hydroxylamine groups is 2. The molecule has 4 heterocycles. The zero-order valence-corrected chi connectivity index (χ0v) is 16.6. The third-order valence-electron chi connectivity index (χ3n) is 6.85. The predicted octanol–water partition coefficient (Wildman–Crippen LogP) is 2.32. The first-order valence-electron chi connectivity index (χ1n) is 10.6. The number of nitrogens with zero attached hydrogens (tertiary/aromatic N) is 4. The molecule has 1 aromatic carbocycles. The number of hydrogen-bond donors (Lipinski definition) is 1. The van der Waals surface area contributed by atoms with Gasteiger partial charge in [0.15, 0.2) is 0 Å². The van der Waals surface area contributed by atoms with Crippen molar-refractivity contribution in [2.75, 3.05) is 13.2 Å². The summed E-state index contributed by atoms with van der Waals surface area (Å²) in [5.74, 6) is 0.886. The maximum absolute atomic E-state index is 13.2. The molecular formula is C21H25N5O4. The summed E-state index contributed by atoms with van der Waals surface area (Å²) in [4.78, 5) is 21.0. The van der Waals surface area contributed by atoms with Crippen molar-refractivity contribution in [3.63, 3.8) is 0 Å². The summed E-state index contributed by atoms with van der Waals surface area (Å²) in [6, 6.07) is 9.28. The van der Waals surface area contributed by atoms with Crippen molar-refractivity contribution in [1.29, 1.82) is 0 Å². The van der Waals surface area contributed by atoms with Crippen LogP contribution >= 0.6 is 0 Å². The molecule has 0 radical (unpaired) electrons. The highest BCUT2D eigenvalue weighted by Gasteiger charge is 2.64. The molecule has 9 heteroatoms. The number of urea groups is 1. The average molecular weight is 411 g/mol. The smallest absolute Gasteiger partial charge is 0.345 e. The Balaban J connectivity index is 1.20. The molecule has 1 spiro atoms. The third kappa shape index (κ3) is 3.08. The first kappa shape index (κ1) is 18.3. The fraction of sp³-hybridized carbons (Fsp3) is 0.571. The molecule has 2 bridgehead atoms. The first-order chi connectivity index (χ1) is 14.6. The van der Waals surface area contributed by atoms with Crippen LogP contribution in [0.1, 0.15) is 55.1 Å². The Morgan fingerprint density at radius 1 is 1.27 bits per heavy atom. The zero-order valence-electron chi connectivity index (χ0n) is 16.6. The number of ether oxygens (including phenoxy) is 1. The number of nitrogens with two attached hydrogens (primary N) is 1. The van der Waals surface area contributed by atoms with Gasteiger partial charge in [-0.3, -0.25) is 4.84 Å². The van der Waals surface area contributed by atoms with Crippen molar-refractivity contribution in [2.24, 2.45) is 11.1 Å². The van der Waals surface area contributed by atoms with Gasteiger partial charge in [0.1, 0.15) is 12.6 Å². The molecule has 3 unspecified atom stereocenters. The van der Waals surface area contributed by atoms with E-state index in [9.17, 15) is 4.79 Å². The van der Waals surface area contributed by atoms with Crippen molar-refractivity contribution < 1.29 is 18.8 Å². The standard InChI is InChI=1S/C21H25N5O4/c22-15(8-14-12-28-14)18-23-24-19(30-18)16-9-21(6-7-21)17-10-25(16)20(27)26(17)29-11-13-4-2-1-3-5-13/h1-5,14-17H,6-12,22H2/t14?,15?,16?,17-/m0/s1. The van der Waals surface area contributed by atoms with Crippen molar-refractivity contribution in [3.05, 3.63) is 47.7 Å². The van der Waals surface area contributed by atoms with Gasteiger partial charge in [-0.25, -0.2) is 4.79 Å². The van der Waals surface area contributed by atoms with Gasteiger partial charge in [0.05, 0.1) is 24.8 Å². The Labute approximate surface area is 174 Å². The monoisotopic (exact) mass is 411 g/mol. The summed E-state index contributed by atoms with van der Waals surface area (Å²) >= 11 is 0. The second kappa shape index (κ2) is 6.76. The van der Waals surface area contributed by atoms with Crippen LogP contribution in [-0.4, -0.2) is 51.5 Å². The molecule has 2 N–H and O–H groups in total. The third-order valence-corrected chi connectivity index (χ3v) is 6.85. The molecule has 4 aliphatic rings. The number of rotatable bonds is 7. The summed E-state index contributed by atoms with van der Waals surface area (Å²) < 4.78 is 11.2. The quantitative estimate of drug-likeness (QED) is 0.696. The summed E-state index contributed by atoms with van der Waals surface area (Å²) in [6.45, 7) is 1.74. The van der Waals surface area contributed by atoms with E-state index in [1.807, 2.05) is 35.2 Å². The van der Waals surface area contributed by atoms with E-state index in [0.717, 1.165) is 31.4 Å². The van der Waals surface area contributed by atoms with Gasteiger partial charge in [0.2, 0.25) is 11.8 Å². The number of hydrogen-bond acceptors (Lipinski definition) is 7. The highest BCUT2D eigenvalue weighted by Crippen LogP contribution is 2.61. The summed E-state index contributed by atoms with van der Waals surface area (Å²) in [7, 11) is 0. The topological polar surface area (TPSA) is 110 Å². The molecule has 9 nitrogen and oxygen atoms in total. The normalized spacial score (nSPS) is 29.5. The summed E-state index contributed by atoms with van der Waals surface area (Å²) in [6.07, 6.45) is 3.84. The van der Waals surface area contributed by atoms with Crippen LogP contribution < -0.4 is 5.73 Å². The van der Waals surface area contributed by atoms with Crippen LogP contribution in [0.15, 0.2) is 34.7 Å². The first-order valence-corrected chi connectivity index (χ1v) is 10.6. The highest BCUT2D eigenvalue weighted by molar-refractivity contribution is 5.77. The number of fused-ring (bicyclic) bond motifs is 3. The van der Waals surface area contributed by atoms with Crippen LogP contribution in [-0.2, 0) is 16.2 Å². The minimum absolute atomic E-state index is 0.0710. The van der Waals surface area contributed by atoms with E-state index in [1.165, 1.54) is 0 Å². The van der Waals surface area contributed by atoms with Gasteiger partial charge in [-0.15, -0.1) is 10.2 Å². The van der Waals surface area contributed by atoms with E-state index in [0.29, 0.717) is 31.4 Å². The van der Waals surface area contributed by atoms with E-state index in [2.05, 4.69) is 10.2 Å². The second-order valence-electron chi connectivity index (χ2n) is 8.89. The number of epoxide rings is 1. The Kier molecular flexibility index (Phi) is 4.12. The Morgan fingerprint density at radius 2 is 2.07 bits per heavy atom.